The normalized spacial score (nSPS) is 11.3. The smallest absolute Gasteiger partial charge is 0.226 e. The average molecular weight is 235 g/mol. The maximum absolute atomic E-state index is 5.84. The number of imidazole rings is 1. The third kappa shape index (κ3) is 2.14. The number of rotatable bonds is 4. The molecule has 0 aliphatic heterocycles. The Bertz CT molecular complexity index is 517. The van der Waals surface area contributed by atoms with Crippen molar-refractivity contribution in [3.63, 3.8) is 0 Å². The summed E-state index contributed by atoms with van der Waals surface area (Å²) in [5.74, 6) is 0.872. The molecular weight excluding hydrogens is 218 g/mol. The largest absolute Gasteiger partial charge is 0.382 e. The Morgan fingerprint density at radius 1 is 1.41 bits per heavy atom. The molecule has 0 aromatic carbocycles. The Morgan fingerprint density at radius 2 is 2.18 bits per heavy atom. The minimum absolute atomic E-state index is 0.275. The summed E-state index contributed by atoms with van der Waals surface area (Å²) in [6, 6.07) is 0.275. The second-order valence-corrected chi connectivity index (χ2v) is 4.07. The molecule has 17 heavy (non-hydrogen) atoms. The highest BCUT2D eigenvalue weighted by Crippen LogP contribution is 2.20. The monoisotopic (exact) mass is 235 g/mol. The summed E-state index contributed by atoms with van der Waals surface area (Å²) in [6.45, 7) is 5.25. The lowest BCUT2D eigenvalue weighted by Gasteiger charge is -2.09. The zero-order valence-corrected chi connectivity index (χ0v) is 10.0. The van der Waals surface area contributed by atoms with E-state index >= 15 is 0 Å². The lowest BCUT2D eigenvalue weighted by molar-refractivity contribution is 0.613. The SMILES string of the molecule is CC(C)n1cnc2c(N)nc(NCCN)nc21. The number of nitrogen functional groups attached to an aromatic ring is 1. The van der Waals surface area contributed by atoms with Gasteiger partial charge in [0.25, 0.3) is 0 Å². The molecule has 0 unspecified atom stereocenters. The topological polar surface area (TPSA) is 108 Å². The van der Waals surface area contributed by atoms with Gasteiger partial charge in [-0.1, -0.05) is 0 Å². The van der Waals surface area contributed by atoms with Crippen molar-refractivity contribution in [2.45, 2.75) is 19.9 Å². The fourth-order valence-corrected chi connectivity index (χ4v) is 1.58. The van der Waals surface area contributed by atoms with Gasteiger partial charge in [0.1, 0.15) is 5.52 Å². The first-order valence-electron chi connectivity index (χ1n) is 5.57. The molecule has 2 aromatic rings. The van der Waals surface area contributed by atoms with Crippen molar-refractivity contribution in [2.75, 3.05) is 24.1 Å². The molecule has 0 spiro atoms. The standard InChI is InChI=1S/C10H17N7/c1-6(2)17-5-14-7-8(12)15-10(13-4-3-11)16-9(7)17/h5-6H,3-4,11H2,1-2H3,(H3,12,13,15,16). The van der Waals surface area contributed by atoms with Gasteiger partial charge in [-0.05, 0) is 13.8 Å². The summed E-state index contributed by atoms with van der Waals surface area (Å²) in [4.78, 5) is 12.8. The summed E-state index contributed by atoms with van der Waals surface area (Å²) in [5, 5.41) is 3.01. The fraction of sp³-hybridized carbons (Fsp3) is 0.500. The Labute approximate surface area is 99.2 Å². The molecule has 2 aromatic heterocycles. The van der Waals surface area contributed by atoms with E-state index in [4.69, 9.17) is 11.5 Å². The summed E-state index contributed by atoms with van der Waals surface area (Å²) in [5.41, 5.74) is 12.6. The lowest BCUT2D eigenvalue weighted by atomic mass is 10.4. The number of nitrogens with two attached hydrogens (primary N) is 2. The van der Waals surface area contributed by atoms with Crippen LogP contribution in [0, 0.1) is 0 Å². The Balaban J connectivity index is 2.49. The third-order valence-corrected chi connectivity index (χ3v) is 2.43. The predicted octanol–water partition coefficient (Wildman–Crippen LogP) is 0.360. The number of fused-ring (bicyclic) bond motifs is 1. The van der Waals surface area contributed by atoms with Gasteiger partial charge in [0.15, 0.2) is 11.5 Å². The van der Waals surface area contributed by atoms with Gasteiger partial charge >= 0.3 is 0 Å². The number of hydrogen-bond donors (Lipinski definition) is 3. The number of aromatic nitrogens is 4. The summed E-state index contributed by atoms with van der Waals surface area (Å²) < 4.78 is 1.96. The first-order valence-corrected chi connectivity index (χ1v) is 5.57. The zero-order chi connectivity index (χ0) is 12.4. The van der Waals surface area contributed by atoms with Crippen LogP contribution in [0.4, 0.5) is 11.8 Å². The molecule has 0 atom stereocenters. The minimum Gasteiger partial charge on any atom is -0.382 e. The number of nitrogens with one attached hydrogen (secondary N) is 1. The van der Waals surface area contributed by atoms with E-state index in [1.165, 1.54) is 0 Å². The molecular formula is C10H17N7. The van der Waals surface area contributed by atoms with E-state index in [-0.39, 0.29) is 6.04 Å². The molecule has 7 nitrogen and oxygen atoms in total. The first kappa shape index (κ1) is 11.6. The fourth-order valence-electron chi connectivity index (χ4n) is 1.58. The molecule has 7 heteroatoms. The number of nitrogens with zero attached hydrogens (tertiary/aromatic N) is 4. The van der Waals surface area contributed by atoms with Crippen molar-refractivity contribution < 1.29 is 0 Å². The van der Waals surface area contributed by atoms with Crippen LogP contribution in [-0.4, -0.2) is 32.6 Å². The van der Waals surface area contributed by atoms with Crippen LogP contribution in [0.2, 0.25) is 0 Å². The summed E-state index contributed by atoms with van der Waals surface area (Å²) in [6.07, 6.45) is 1.73. The molecule has 2 rings (SSSR count). The van der Waals surface area contributed by atoms with E-state index in [2.05, 4.69) is 34.1 Å². The van der Waals surface area contributed by atoms with Gasteiger partial charge in [-0.15, -0.1) is 0 Å². The third-order valence-electron chi connectivity index (χ3n) is 2.43. The van der Waals surface area contributed by atoms with Crippen LogP contribution in [0.5, 0.6) is 0 Å². The summed E-state index contributed by atoms with van der Waals surface area (Å²) >= 11 is 0. The van der Waals surface area contributed by atoms with Gasteiger partial charge < -0.3 is 21.4 Å². The van der Waals surface area contributed by atoms with Gasteiger partial charge in [-0.25, -0.2) is 4.98 Å². The van der Waals surface area contributed by atoms with E-state index in [0.717, 1.165) is 5.65 Å². The van der Waals surface area contributed by atoms with Crippen molar-refractivity contribution in [1.82, 2.24) is 19.5 Å². The molecule has 0 radical (unpaired) electrons. The lowest BCUT2D eigenvalue weighted by Crippen LogP contribution is -2.15. The summed E-state index contributed by atoms with van der Waals surface area (Å²) in [7, 11) is 0. The predicted molar refractivity (Wildman–Crippen MR) is 67.7 cm³/mol. The van der Waals surface area contributed by atoms with Crippen molar-refractivity contribution in [3.05, 3.63) is 6.33 Å². The molecule has 0 aliphatic rings. The average Bonchev–Trinajstić information content (AvgIpc) is 2.70. The molecule has 0 aliphatic carbocycles. The molecule has 0 bridgehead atoms. The van der Waals surface area contributed by atoms with Gasteiger partial charge in [-0.2, -0.15) is 9.97 Å². The highest BCUT2D eigenvalue weighted by molar-refractivity contribution is 5.82. The van der Waals surface area contributed by atoms with Gasteiger partial charge in [0, 0.05) is 19.1 Å². The second-order valence-electron chi connectivity index (χ2n) is 4.07. The number of hydrogen-bond acceptors (Lipinski definition) is 6. The van der Waals surface area contributed by atoms with Gasteiger partial charge in [0.05, 0.1) is 6.33 Å². The van der Waals surface area contributed by atoms with E-state index in [1.54, 1.807) is 6.33 Å². The molecule has 2 heterocycles. The van der Waals surface area contributed by atoms with E-state index in [0.29, 0.717) is 30.4 Å². The molecule has 0 amide bonds. The van der Waals surface area contributed by atoms with Crippen LogP contribution < -0.4 is 16.8 Å². The van der Waals surface area contributed by atoms with E-state index < -0.39 is 0 Å². The molecule has 5 N–H and O–H groups in total. The first-order chi connectivity index (χ1) is 8.13. The molecule has 0 saturated carbocycles. The van der Waals surface area contributed by atoms with Crippen LogP contribution >= 0.6 is 0 Å². The van der Waals surface area contributed by atoms with Crippen LogP contribution in [-0.2, 0) is 0 Å². The Hall–Kier alpha value is -1.89. The van der Waals surface area contributed by atoms with Gasteiger partial charge in [0.2, 0.25) is 5.95 Å². The van der Waals surface area contributed by atoms with Crippen LogP contribution in [0.15, 0.2) is 6.33 Å². The number of anilines is 2. The molecule has 0 saturated heterocycles. The van der Waals surface area contributed by atoms with E-state index in [1.807, 2.05) is 4.57 Å². The highest BCUT2D eigenvalue weighted by Gasteiger charge is 2.12. The second kappa shape index (κ2) is 4.54. The minimum atomic E-state index is 0.275. The van der Waals surface area contributed by atoms with Gasteiger partial charge in [-0.3, -0.25) is 0 Å². The molecule has 92 valence electrons. The van der Waals surface area contributed by atoms with Crippen LogP contribution in [0.1, 0.15) is 19.9 Å². The van der Waals surface area contributed by atoms with Crippen molar-refractivity contribution in [1.29, 1.82) is 0 Å². The maximum atomic E-state index is 5.84. The van der Waals surface area contributed by atoms with Crippen molar-refractivity contribution in [3.8, 4) is 0 Å². The van der Waals surface area contributed by atoms with E-state index in [9.17, 15) is 0 Å². The van der Waals surface area contributed by atoms with Crippen LogP contribution in [0.25, 0.3) is 11.2 Å². The molecule has 0 fully saturated rings. The quantitative estimate of drug-likeness (QED) is 0.706. The van der Waals surface area contributed by atoms with Crippen molar-refractivity contribution in [2.24, 2.45) is 5.73 Å². The maximum Gasteiger partial charge on any atom is 0.226 e. The Kier molecular flexibility index (Phi) is 3.10. The van der Waals surface area contributed by atoms with Crippen LogP contribution in [0.3, 0.4) is 0 Å². The van der Waals surface area contributed by atoms with Crippen molar-refractivity contribution >= 4 is 22.9 Å². The zero-order valence-electron chi connectivity index (χ0n) is 10.0. The Morgan fingerprint density at radius 3 is 2.82 bits per heavy atom. The highest BCUT2D eigenvalue weighted by atomic mass is 15.2.